The van der Waals surface area contributed by atoms with Crippen molar-refractivity contribution in [2.45, 2.75) is 32.7 Å². The summed E-state index contributed by atoms with van der Waals surface area (Å²) in [5.41, 5.74) is 0. The summed E-state index contributed by atoms with van der Waals surface area (Å²) in [6.07, 6.45) is 1.97. The quantitative estimate of drug-likeness (QED) is 0.730. The second-order valence-corrected chi connectivity index (χ2v) is 6.49. The highest BCUT2D eigenvalue weighted by atomic mass is 32.2. The Morgan fingerprint density at radius 2 is 2.12 bits per heavy atom. The molecular formula is C10H23N3O2S. The van der Waals surface area contributed by atoms with Crippen LogP contribution in [-0.4, -0.2) is 45.4 Å². The molecule has 5 nitrogen and oxygen atoms in total. The minimum absolute atomic E-state index is 0.282. The Hall–Kier alpha value is -0.170. The van der Waals surface area contributed by atoms with Crippen molar-refractivity contribution in [3.05, 3.63) is 0 Å². The third-order valence-corrected chi connectivity index (χ3v) is 4.35. The van der Waals surface area contributed by atoms with Crippen molar-refractivity contribution in [1.82, 2.24) is 14.3 Å². The van der Waals surface area contributed by atoms with Gasteiger partial charge in [0.1, 0.15) is 0 Å². The molecule has 1 rings (SSSR count). The fraction of sp³-hybridized carbons (Fsp3) is 1.00. The molecule has 1 aliphatic heterocycles. The summed E-state index contributed by atoms with van der Waals surface area (Å²) in [6.45, 7) is 5.70. The first-order chi connectivity index (χ1) is 7.45. The Morgan fingerprint density at radius 3 is 2.69 bits per heavy atom. The van der Waals surface area contributed by atoms with Crippen molar-refractivity contribution in [2.24, 2.45) is 5.92 Å². The molecule has 0 aromatic carbocycles. The Labute approximate surface area is 98.8 Å². The molecule has 1 heterocycles. The summed E-state index contributed by atoms with van der Waals surface area (Å²) in [4.78, 5) is 0. The normalized spacial score (nSPS) is 23.9. The van der Waals surface area contributed by atoms with E-state index in [-0.39, 0.29) is 6.04 Å². The largest absolute Gasteiger partial charge is 0.316 e. The number of nitrogens with one attached hydrogen (secondary N) is 2. The topological polar surface area (TPSA) is 61.4 Å². The molecule has 0 saturated carbocycles. The van der Waals surface area contributed by atoms with Gasteiger partial charge in [0, 0.05) is 25.7 Å². The SMILES string of the molecule is CNC1CCCN(S(=O)(=O)NCC(C)C)C1. The highest BCUT2D eigenvalue weighted by molar-refractivity contribution is 7.87. The molecule has 1 aliphatic rings. The predicted octanol–water partition coefficient (Wildman–Crippen LogP) is 0.161. The van der Waals surface area contributed by atoms with Crippen LogP contribution in [0.25, 0.3) is 0 Å². The predicted molar refractivity (Wildman–Crippen MR) is 65.4 cm³/mol. The fourth-order valence-corrected chi connectivity index (χ4v) is 3.23. The van der Waals surface area contributed by atoms with E-state index in [0.29, 0.717) is 25.6 Å². The van der Waals surface area contributed by atoms with Crippen molar-refractivity contribution in [3.8, 4) is 0 Å². The van der Waals surface area contributed by atoms with Gasteiger partial charge in [0.15, 0.2) is 0 Å². The second kappa shape index (κ2) is 5.95. The smallest absolute Gasteiger partial charge is 0.279 e. The molecule has 0 spiro atoms. The van der Waals surface area contributed by atoms with Gasteiger partial charge in [-0.1, -0.05) is 13.8 Å². The Kier molecular flexibility index (Phi) is 5.17. The number of nitrogens with zero attached hydrogens (tertiary/aromatic N) is 1. The van der Waals surface area contributed by atoms with Crippen molar-refractivity contribution < 1.29 is 8.42 Å². The van der Waals surface area contributed by atoms with E-state index >= 15 is 0 Å². The van der Waals surface area contributed by atoms with E-state index in [4.69, 9.17) is 0 Å². The summed E-state index contributed by atoms with van der Waals surface area (Å²) in [6, 6.07) is 0.282. The van der Waals surface area contributed by atoms with Crippen molar-refractivity contribution in [1.29, 1.82) is 0 Å². The molecule has 0 amide bonds. The van der Waals surface area contributed by atoms with Crippen molar-refractivity contribution in [2.75, 3.05) is 26.7 Å². The van der Waals surface area contributed by atoms with Gasteiger partial charge in [0.25, 0.3) is 10.2 Å². The molecule has 0 radical (unpaired) electrons. The molecule has 1 unspecified atom stereocenters. The third-order valence-electron chi connectivity index (χ3n) is 2.81. The zero-order chi connectivity index (χ0) is 12.2. The molecular weight excluding hydrogens is 226 g/mol. The summed E-state index contributed by atoms with van der Waals surface area (Å²) in [5.74, 6) is 0.333. The third kappa shape index (κ3) is 4.01. The Morgan fingerprint density at radius 1 is 1.44 bits per heavy atom. The lowest BCUT2D eigenvalue weighted by Gasteiger charge is -2.31. The maximum atomic E-state index is 11.9. The van der Waals surface area contributed by atoms with Crippen LogP contribution in [0.4, 0.5) is 0 Å². The van der Waals surface area contributed by atoms with Crippen LogP contribution in [0.15, 0.2) is 0 Å². The first-order valence-corrected chi connectivity index (χ1v) is 7.31. The highest BCUT2D eigenvalue weighted by Gasteiger charge is 2.27. The number of hydrogen-bond donors (Lipinski definition) is 2. The van der Waals surface area contributed by atoms with Gasteiger partial charge in [0.05, 0.1) is 0 Å². The van der Waals surface area contributed by atoms with Gasteiger partial charge in [-0.05, 0) is 25.8 Å². The zero-order valence-electron chi connectivity index (χ0n) is 10.4. The van der Waals surface area contributed by atoms with E-state index in [1.165, 1.54) is 0 Å². The molecule has 16 heavy (non-hydrogen) atoms. The molecule has 2 N–H and O–H groups in total. The maximum absolute atomic E-state index is 11.9. The molecule has 0 bridgehead atoms. The summed E-state index contributed by atoms with van der Waals surface area (Å²) < 4.78 is 28.1. The molecule has 1 fully saturated rings. The van der Waals surface area contributed by atoms with Crippen LogP contribution in [0.3, 0.4) is 0 Å². The van der Waals surface area contributed by atoms with E-state index in [9.17, 15) is 8.42 Å². The van der Waals surface area contributed by atoms with Gasteiger partial charge in [-0.2, -0.15) is 12.7 Å². The van der Waals surface area contributed by atoms with Gasteiger partial charge in [-0.25, -0.2) is 4.72 Å². The van der Waals surface area contributed by atoms with Crippen LogP contribution < -0.4 is 10.0 Å². The maximum Gasteiger partial charge on any atom is 0.279 e. The van der Waals surface area contributed by atoms with Crippen LogP contribution in [0.5, 0.6) is 0 Å². The molecule has 0 aromatic rings. The summed E-state index contributed by atoms with van der Waals surface area (Å²) in [7, 11) is -1.40. The Bertz CT molecular complexity index is 303. The fourth-order valence-electron chi connectivity index (χ4n) is 1.76. The van der Waals surface area contributed by atoms with E-state index in [2.05, 4.69) is 10.0 Å². The molecule has 6 heteroatoms. The lowest BCUT2D eigenvalue weighted by Crippen LogP contribution is -2.51. The number of likely N-dealkylation sites (N-methyl/N-ethyl adjacent to an activating group) is 1. The van der Waals surface area contributed by atoms with Crippen LogP contribution in [0, 0.1) is 5.92 Å². The zero-order valence-corrected chi connectivity index (χ0v) is 11.2. The Balaban J connectivity index is 2.54. The molecule has 0 aliphatic carbocycles. The average molecular weight is 249 g/mol. The molecule has 1 atom stereocenters. The van der Waals surface area contributed by atoms with Crippen LogP contribution in [0.1, 0.15) is 26.7 Å². The standard InChI is InChI=1S/C10H23N3O2S/c1-9(2)7-12-16(14,15)13-6-4-5-10(8-13)11-3/h9-12H,4-8H2,1-3H3. The minimum Gasteiger partial charge on any atom is -0.316 e. The van der Waals surface area contributed by atoms with Gasteiger partial charge in [0.2, 0.25) is 0 Å². The lowest BCUT2D eigenvalue weighted by atomic mass is 10.1. The lowest BCUT2D eigenvalue weighted by molar-refractivity contribution is 0.289. The number of piperidine rings is 1. The van der Waals surface area contributed by atoms with Crippen molar-refractivity contribution >= 4 is 10.2 Å². The van der Waals surface area contributed by atoms with Crippen molar-refractivity contribution in [3.63, 3.8) is 0 Å². The summed E-state index contributed by atoms with van der Waals surface area (Å²) in [5, 5.41) is 3.14. The van der Waals surface area contributed by atoms with Gasteiger partial charge in [-0.3, -0.25) is 0 Å². The summed E-state index contributed by atoms with van der Waals surface area (Å²) >= 11 is 0. The van der Waals surface area contributed by atoms with E-state index in [0.717, 1.165) is 12.8 Å². The van der Waals surface area contributed by atoms with E-state index in [1.54, 1.807) is 4.31 Å². The first-order valence-electron chi connectivity index (χ1n) is 5.87. The first kappa shape index (κ1) is 13.9. The monoisotopic (exact) mass is 249 g/mol. The van der Waals surface area contributed by atoms with Crippen LogP contribution in [-0.2, 0) is 10.2 Å². The van der Waals surface area contributed by atoms with Crippen LogP contribution in [0.2, 0.25) is 0 Å². The van der Waals surface area contributed by atoms with Crippen LogP contribution >= 0.6 is 0 Å². The van der Waals surface area contributed by atoms with E-state index < -0.39 is 10.2 Å². The highest BCUT2D eigenvalue weighted by Crippen LogP contribution is 2.12. The van der Waals surface area contributed by atoms with Gasteiger partial charge < -0.3 is 5.32 Å². The molecule has 96 valence electrons. The van der Waals surface area contributed by atoms with E-state index in [1.807, 2.05) is 20.9 Å². The van der Waals surface area contributed by atoms with Gasteiger partial charge >= 0.3 is 0 Å². The number of rotatable bonds is 5. The molecule has 1 saturated heterocycles. The minimum atomic E-state index is -3.28. The van der Waals surface area contributed by atoms with Gasteiger partial charge in [-0.15, -0.1) is 0 Å². The average Bonchev–Trinajstić information content (AvgIpc) is 2.27. The number of hydrogen-bond acceptors (Lipinski definition) is 3. The molecule has 0 aromatic heterocycles. The second-order valence-electron chi connectivity index (χ2n) is 4.73.